The molecule has 128 valence electrons. The second-order valence-corrected chi connectivity index (χ2v) is 5.15. The van der Waals surface area contributed by atoms with Gasteiger partial charge in [-0.25, -0.2) is 13.7 Å². The first kappa shape index (κ1) is 16.4. The molecule has 1 heterocycles. The molecule has 0 aliphatic carbocycles. The lowest BCUT2D eigenvalue weighted by Gasteiger charge is -2.15. The van der Waals surface area contributed by atoms with E-state index in [1.54, 1.807) is 12.1 Å². The van der Waals surface area contributed by atoms with Crippen LogP contribution in [0.2, 0.25) is 0 Å². The standard InChI is InChI=1S/C17H12F2N2O4/c1-25-11-4-2-10(3-5-11)21-15(22)8-14(17(21)24)20-9-6-12(18)16(23)13(19)7-9/h2-8,20,23H,1H3. The van der Waals surface area contributed by atoms with Crippen molar-refractivity contribution in [1.82, 2.24) is 0 Å². The molecule has 0 aromatic heterocycles. The van der Waals surface area contributed by atoms with Gasteiger partial charge in [0, 0.05) is 23.9 Å². The molecule has 3 rings (SSSR count). The lowest BCUT2D eigenvalue weighted by atomic mass is 10.2. The van der Waals surface area contributed by atoms with Gasteiger partial charge >= 0.3 is 0 Å². The Morgan fingerprint density at radius 3 is 2.24 bits per heavy atom. The highest BCUT2D eigenvalue weighted by molar-refractivity contribution is 6.31. The van der Waals surface area contributed by atoms with Crippen LogP contribution in [0, 0.1) is 11.6 Å². The number of anilines is 2. The monoisotopic (exact) mass is 346 g/mol. The van der Waals surface area contributed by atoms with Crippen LogP contribution in [0.4, 0.5) is 20.2 Å². The number of phenols is 1. The minimum absolute atomic E-state index is 0.114. The van der Waals surface area contributed by atoms with Crippen molar-refractivity contribution in [3.63, 3.8) is 0 Å². The van der Waals surface area contributed by atoms with Gasteiger partial charge in [0.15, 0.2) is 17.4 Å². The topological polar surface area (TPSA) is 78.9 Å². The fourth-order valence-electron chi connectivity index (χ4n) is 2.33. The van der Waals surface area contributed by atoms with E-state index in [-0.39, 0.29) is 11.4 Å². The number of nitrogens with zero attached hydrogens (tertiary/aromatic N) is 1. The van der Waals surface area contributed by atoms with Crippen molar-refractivity contribution in [2.45, 2.75) is 0 Å². The van der Waals surface area contributed by atoms with E-state index >= 15 is 0 Å². The summed E-state index contributed by atoms with van der Waals surface area (Å²) in [6, 6.07) is 7.87. The first-order chi connectivity index (χ1) is 11.9. The zero-order valence-electron chi connectivity index (χ0n) is 12.9. The van der Waals surface area contributed by atoms with Gasteiger partial charge in [-0.3, -0.25) is 9.59 Å². The largest absolute Gasteiger partial charge is 0.503 e. The Labute approximate surface area is 140 Å². The summed E-state index contributed by atoms with van der Waals surface area (Å²) in [7, 11) is 1.49. The number of carbonyl (C=O) groups excluding carboxylic acids is 2. The van der Waals surface area contributed by atoms with Crippen LogP contribution in [-0.2, 0) is 9.59 Å². The summed E-state index contributed by atoms with van der Waals surface area (Å²) in [6.45, 7) is 0. The van der Waals surface area contributed by atoms with E-state index in [1.807, 2.05) is 0 Å². The van der Waals surface area contributed by atoms with Gasteiger partial charge in [-0.05, 0) is 24.3 Å². The van der Waals surface area contributed by atoms with Crippen LogP contribution < -0.4 is 15.0 Å². The molecule has 2 amide bonds. The number of hydrogen-bond donors (Lipinski definition) is 2. The molecule has 1 aliphatic heterocycles. The Bertz CT molecular complexity index is 871. The SMILES string of the molecule is COc1ccc(N2C(=O)C=C(Nc3cc(F)c(O)c(F)c3)C2=O)cc1. The molecule has 2 N–H and O–H groups in total. The second kappa shape index (κ2) is 6.23. The van der Waals surface area contributed by atoms with Crippen LogP contribution in [0.1, 0.15) is 0 Å². The minimum Gasteiger partial charge on any atom is -0.503 e. The molecule has 25 heavy (non-hydrogen) atoms. The van der Waals surface area contributed by atoms with Gasteiger partial charge in [-0.2, -0.15) is 0 Å². The molecule has 8 heteroatoms. The number of nitrogens with one attached hydrogen (secondary N) is 1. The van der Waals surface area contributed by atoms with E-state index in [9.17, 15) is 18.4 Å². The van der Waals surface area contributed by atoms with Gasteiger partial charge in [0.2, 0.25) is 0 Å². The van der Waals surface area contributed by atoms with Crippen molar-refractivity contribution in [2.75, 3.05) is 17.3 Å². The fourth-order valence-corrected chi connectivity index (χ4v) is 2.33. The van der Waals surface area contributed by atoms with Crippen molar-refractivity contribution in [3.8, 4) is 11.5 Å². The van der Waals surface area contributed by atoms with Crippen molar-refractivity contribution in [3.05, 3.63) is 59.8 Å². The van der Waals surface area contributed by atoms with E-state index in [0.717, 1.165) is 23.1 Å². The predicted molar refractivity (Wildman–Crippen MR) is 85.2 cm³/mol. The second-order valence-electron chi connectivity index (χ2n) is 5.15. The maximum absolute atomic E-state index is 13.4. The molecule has 0 atom stereocenters. The van der Waals surface area contributed by atoms with Gasteiger partial charge < -0.3 is 15.2 Å². The number of methoxy groups -OCH3 is 1. The van der Waals surface area contributed by atoms with Crippen LogP contribution in [-0.4, -0.2) is 24.0 Å². The molecule has 2 aromatic rings. The highest BCUT2D eigenvalue weighted by Gasteiger charge is 2.32. The molecule has 0 bridgehead atoms. The van der Waals surface area contributed by atoms with E-state index in [1.165, 1.54) is 19.2 Å². The molecule has 0 radical (unpaired) electrons. The molecule has 2 aromatic carbocycles. The van der Waals surface area contributed by atoms with E-state index in [0.29, 0.717) is 11.4 Å². The summed E-state index contributed by atoms with van der Waals surface area (Å²) >= 11 is 0. The first-order valence-corrected chi connectivity index (χ1v) is 7.10. The average molecular weight is 346 g/mol. The Balaban J connectivity index is 1.84. The zero-order chi connectivity index (χ0) is 18.1. The Morgan fingerprint density at radius 1 is 1.08 bits per heavy atom. The number of benzene rings is 2. The third kappa shape index (κ3) is 3.01. The Hall–Kier alpha value is -3.42. The maximum Gasteiger partial charge on any atom is 0.281 e. The van der Waals surface area contributed by atoms with Crippen LogP contribution >= 0.6 is 0 Å². The van der Waals surface area contributed by atoms with Crippen LogP contribution in [0.3, 0.4) is 0 Å². The van der Waals surface area contributed by atoms with Gasteiger partial charge in [-0.15, -0.1) is 0 Å². The maximum atomic E-state index is 13.4. The number of imide groups is 1. The summed E-state index contributed by atoms with van der Waals surface area (Å²) in [5.74, 6) is -4.21. The van der Waals surface area contributed by atoms with Gasteiger partial charge in [0.25, 0.3) is 11.8 Å². The van der Waals surface area contributed by atoms with Crippen LogP contribution in [0.5, 0.6) is 11.5 Å². The van der Waals surface area contributed by atoms with E-state index < -0.39 is 29.2 Å². The Kier molecular flexibility index (Phi) is 4.10. The molecule has 0 saturated carbocycles. The molecule has 0 saturated heterocycles. The molecule has 1 aliphatic rings. The van der Waals surface area contributed by atoms with Gasteiger partial charge in [0.05, 0.1) is 12.8 Å². The molecule has 0 spiro atoms. The normalized spacial score (nSPS) is 13.9. The third-order valence-corrected chi connectivity index (χ3v) is 3.55. The number of carbonyl (C=O) groups is 2. The zero-order valence-corrected chi connectivity index (χ0v) is 12.9. The number of rotatable bonds is 4. The smallest absolute Gasteiger partial charge is 0.281 e. The number of halogens is 2. The minimum atomic E-state index is -1.19. The van der Waals surface area contributed by atoms with Crippen molar-refractivity contribution in [1.29, 1.82) is 0 Å². The van der Waals surface area contributed by atoms with E-state index in [4.69, 9.17) is 9.84 Å². The highest BCUT2D eigenvalue weighted by atomic mass is 19.1. The lowest BCUT2D eigenvalue weighted by Crippen LogP contribution is -2.31. The van der Waals surface area contributed by atoms with Gasteiger partial charge in [-0.1, -0.05) is 0 Å². The Morgan fingerprint density at radius 2 is 1.68 bits per heavy atom. The molecule has 0 unspecified atom stereocenters. The third-order valence-electron chi connectivity index (χ3n) is 3.55. The lowest BCUT2D eigenvalue weighted by molar-refractivity contribution is -0.120. The van der Waals surface area contributed by atoms with Crippen LogP contribution in [0.25, 0.3) is 0 Å². The predicted octanol–water partition coefficient (Wildman–Crippen LogP) is 2.55. The van der Waals surface area contributed by atoms with Gasteiger partial charge in [0.1, 0.15) is 11.4 Å². The summed E-state index contributed by atoms with van der Waals surface area (Å²) in [5, 5.41) is 11.6. The summed E-state index contributed by atoms with van der Waals surface area (Å²) in [6.07, 6.45) is 1.02. The highest BCUT2D eigenvalue weighted by Crippen LogP contribution is 2.28. The van der Waals surface area contributed by atoms with Crippen LogP contribution in [0.15, 0.2) is 48.2 Å². The molecular formula is C17H12F2N2O4. The number of amides is 2. The molecular weight excluding hydrogens is 334 g/mol. The number of phenolic OH excluding ortho intramolecular Hbond substituents is 1. The van der Waals surface area contributed by atoms with Crippen molar-refractivity contribution >= 4 is 23.2 Å². The fraction of sp³-hybridized carbons (Fsp3) is 0.0588. The molecule has 6 nitrogen and oxygen atoms in total. The molecule has 0 fully saturated rings. The summed E-state index contributed by atoms with van der Waals surface area (Å²) in [4.78, 5) is 25.4. The number of hydrogen-bond acceptors (Lipinski definition) is 5. The summed E-state index contributed by atoms with van der Waals surface area (Å²) in [5.41, 5.74) is 0.0639. The number of aromatic hydroxyl groups is 1. The quantitative estimate of drug-likeness (QED) is 0.657. The van der Waals surface area contributed by atoms with Crippen molar-refractivity contribution in [2.24, 2.45) is 0 Å². The van der Waals surface area contributed by atoms with E-state index in [2.05, 4.69) is 5.32 Å². The van der Waals surface area contributed by atoms with Crippen molar-refractivity contribution < 1.29 is 28.2 Å². The number of ether oxygens (including phenoxy) is 1. The average Bonchev–Trinajstić information content (AvgIpc) is 2.86. The summed E-state index contributed by atoms with van der Waals surface area (Å²) < 4.78 is 31.8. The first-order valence-electron chi connectivity index (χ1n) is 7.10.